The van der Waals surface area contributed by atoms with Crippen LogP contribution >= 0.6 is 0 Å². The fourth-order valence-corrected chi connectivity index (χ4v) is 2.70. The van der Waals surface area contributed by atoms with E-state index in [1.807, 2.05) is 0 Å². The lowest BCUT2D eigenvalue weighted by Gasteiger charge is -2.19. The van der Waals surface area contributed by atoms with E-state index in [0.29, 0.717) is 6.54 Å². The smallest absolute Gasteiger partial charge is 0.307 e. The van der Waals surface area contributed by atoms with E-state index >= 15 is 0 Å². The lowest BCUT2D eigenvalue weighted by Crippen LogP contribution is -2.25. The summed E-state index contributed by atoms with van der Waals surface area (Å²) in [7, 11) is 0. The zero-order valence-electron chi connectivity index (χ0n) is 12.7. The van der Waals surface area contributed by atoms with E-state index in [9.17, 15) is 4.79 Å². The molecule has 110 valence electrons. The zero-order valence-corrected chi connectivity index (χ0v) is 12.7. The number of carboxylic acids is 1. The molecule has 1 atom stereocenters. The summed E-state index contributed by atoms with van der Waals surface area (Å²) in [5, 5.41) is 9.00. The van der Waals surface area contributed by atoms with E-state index in [0.717, 1.165) is 25.9 Å². The van der Waals surface area contributed by atoms with Crippen molar-refractivity contribution < 1.29 is 9.90 Å². The molecule has 1 N–H and O–H groups in total. The molecule has 1 aromatic rings. The van der Waals surface area contributed by atoms with Crippen molar-refractivity contribution in [1.29, 1.82) is 0 Å². The van der Waals surface area contributed by atoms with E-state index in [4.69, 9.17) is 5.11 Å². The Kier molecular flexibility index (Phi) is 4.48. The minimum Gasteiger partial charge on any atom is -0.481 e. The first-order valence-corrected chi connectivity index (χ1v) is 7.41. The van der Waals surface area contributed by atoms with Crippen LogP contribution in [0.1, 0.15) is 38.3 Å². The third-order valence-corrected chi connectivity index (χ3v) is 4.16. The average Bonchev–Trinajstić information content (AvgIpc) is 2.85. The Balaban J connectivity index is 1.85. The normalized spacial score (nSPS) is 20.2. The van der Waals surface area contributed by atoms with Crippen molar-refractivity contribution >= 4 is 5.97 Å². The van der Waals surface area contributed by atoms with Gasteiger partial charge in [0.15, 0.2) is 0 Å². The van der Waals surface area contributed by atoms with Crippen LogP contribution in [0.5, 0.6) is 0 Å². The molecule has 0 spiro atoms. The Hall–Kier alpha value is -1.35. The van der Waals surface area contributed by atoms with Crippen LogP contribution in [0.25, 0.3) is 0 Å². The molecule has 1 saturated heterocycles. The Morgan fingerprint density at radius 2 is 1.95 bits per heavy atom. The second-order valence-electron chi connectivity index (χ2n) is 6.82. The molecule has 0 saturated carbocycles. The minimum absolute atomic E-state index is 0.168. The number of nitrogens with zero attached hydrogens (tertiary/aromatic N) is 1. The fourth-order valence-electron chi connectivity index (χ4n) is 2.70. The number of hydrogen-bond acceptors (Lipinski definition) is 2. The lowest BCUT2D eigenvalue weighted by atomic mass is 9.86. The van der Waals surface area contributed by atoms with Gasteiger partial charge in [-0.25, -0.2) is 0 Å². The molecule has 1 aliphatic rings. The van der Waals surface area contributed by atoms with Crippen molar-refractivity contribution in [3.63, 3.8) is 0 Å². The molecule has 1 unspecified atom stereocenters. The van der Waals surface area contributed by atoms with Gasteiger partial charge in [0.2, 0.25) is 0 Å². The highest BCUT2D eigenvalue weighted by atomic mass is 16.4. The molecule has 1 aromatic carbocycles. The SMILES string of the molecule is CC(C)(C)c1ccc(CCN2CCC(C(=O)O)C2)cc1. The van der Waals surface area contributed by atoms with Gasteiger partial charge in [-0.15, -0.1) is 0 Å². The molecule has 0 aromatic heterocycles. The van der Waals surface area contributed by atoms with Crippen LogP contribution in [0.2, 0.25) is 0 Å². The largest absolute Gasteiger partial charge is 0.481 e. The molecule has 1 heterocycles. The van der Waals surface area contributed by atoms with E-state index in [2.05, 4.69) is 49.9 Å². The summed E-state index contributed by atoms with van der Waals surface area (Å²) in [5.41, 5.74) is 2.88. The first-order valence-electron chi connectivity index (χ1n) is 7.41. The number of benzene rings is 1. The summed E-state index contributed by atoms with van der Waals surface area (Å²) >= 11 is 0. The van der Waals surface area contributed by atoms with E-state index < -0.39 is 5.97 Å². The van der Waals surface area contributed by atoms with Crippen molar-refractivity contribution in [3.05, 3.63) is 35.4 Å². The number of rotatable bonds is 4. The lowest BCUT2D eigenvalue weighted by molar-refractivity contribution is -0.141. The Labute approximate surface area is 121 Å². The van der Waals surface area contributed by atoms with Crippen molar-refractivity contribution in [1.82, 2.24) is 4.90 Å². The molecule has 3 heteroatoms. The number of hydrogen-bond donors (Lipinski definition) is 1. The molecule has 0 bridgehead atoms. The quantitative estimate of drug-likeness (QED) is 0.918. The third kappa shape index (κ3) is 3.83. The predicted octanol–water partition coefficient (Wildman–Crippen LogP) is 2.93. The van der Waals surface area contributed by atoms with Gasteiger partial charge >= 0.3 is 5.97 Å². The van der Waals surface area contributed by atoms with Crippen LogP contribution in [0.4, 0.5) is 0 Å². The third-order valence-electron chi connectivity index (χ3n) is 4.16. The Morgan fingerprint density at radius 1 is 1.30 bits per heavy atom. The van der Waals surface area contributed by atoms with Gasteiger partial charge in [-0.2, -0.15) is 0 Å². The second kappa shape index (κ2) is 5.96. The average molecular weight is 275 g/mol. The number of carbonyl (C=O) groups is 1. The van der Waals surface area contributed by atoms with Gasteiger partial charge in [-0.1, -0.05) is 45.0 Å². The molecule has 3 nitrogen and oxygen atoms in total. The minimum atomic E-state index is -0.651. The Bertz CT molecular complexity index is 459. The van der Waals surface area contributed by atoms with E-state index in [1.54, 1.807) is 0 Å². The molecule has 0 aliphatic carbocycles. The van der Waals surface area contributed by atoms with Crippen LogP contribution in [0, 0.1) is 5.92 Å². The number of likely N-dealkylation sites (tertiary alicyclic amines) is 1. The molecule has 0 radical (unpaired) electrons. The highest BCUT2D eigenvalue weighted by Gasteiger charge is 2.27. The topological polar surface area (TPSA) is 40.5 Å². The monoisotopic (exact) mass is 275 g/mol. The van der Waals surface area contributed by atoms with Crippen molar-refractivity contribution in [3.8, 4) is 0 Å². The molecular weight excluding hydrogens is 250 g/mol. The standard InChI is InChI=1S/C17H25NO2/c1-17(2,3)15-6-4-13(5-7-15)8-10-18-11-9-14(12-18)16(19)20/h4-7,14H,8-12H2,1-3H3,(H,19,20). The first-order chi connectivity index (χ1) is 9.36. The molecular formula is C17H25NO2. The summed E-state index contributed by atoms with van der Waals surface area (Å²) in [6, 6.07) is 8.81. The van der Waals surface area contributed by atoms with Crippen LogP contribution in [0.3, 0.4) is 0 Å². The maximum atomic E-state index is 10.9. The van der Waals surface area contributed by atoms with Crippen molar-refractivity contribution in [2.45, 2.75) is 39.0 Å². The maximum absolute atomic E-state index is 10.9. The Morgan fingerprint density at radius 3 is 2.45 bits per heavy atom. The fraction of sp³-hybridized carbons (Fsp3) is 0.588. The molecule has 1 fully saturated rings. The number of carboxylic acid groups (broad SMARTS) is 1. The summed E-state index contributed by atoms with van der Waals surface area (Å²) in [4.78, 5) is 13.2. The molecule has 0 amide bonds. The predicted molar refractivity (Wildman–Crippen MR) is 81.0 cm³/mol. The van der Waals surface area contributed by atoms with Crippen LogP contribution in [-0.4, -0.2) is 35.6 Å². The van der Waals surface area contributed by atoms with E-state index in [1.165, 1.54) is 11.1 Å². The van der Waals surface area contributed by atoms with Crippen LogP contribution in [0.15, 0.2) is 24.3 Å². The number of aliphatic carboxylic acids is 1. The zero-order chi connectivity index (χ0) is 14.8. The molecule has 2 rings (SSSR count). The van der Waals surface area contributed by atoms with Gasteiger partial charge in [0, 0.05) is 13.1 Å². The highest BCUT2D eigenvalue weighted by Crippen LogP contribution is 2.22. The summed E-state index contributed by atoms with van der Waals surface area (Å²) in [6.07, 6.45) is 1.79. The van der Waals surface area contributed by atoms with Gasteiger partial charge in [0.05, 0.1) is 5.92 Å². The first kappa shape index (κ1) is 15.0. The van der Waals surface area contributed by atoms with Gasteiger partial charge in [-0.3, -0.25) is 4.79 Å². The van der Waals surface area contributed by atoms with Crippen LogP contribution < -0.4 is 0 Å². The molecule has 1 aliphatic heterocycles. The van der Waals surface area contributed by atoms with Gasteiger partial charge in [0.1, 0.15) is 0 Å². The van der Waals surface area contributed by atoms with Gasteiger partial charge in [0.25, 0.3) is 0 Å². The van der Waals surface area contributed by atoms with Gasteiger partial charge in [-0.05, 0) is 35.9 Å². The van der Waals surface area contributed by atoms with Crippen LogP contribution in [-0.2, 0) is 16.6 Å². The highest BCUT2D eigenvalue weighted by molar-refractivity contribution is 5.70. The summed E-state index contributed by atoms with van der Waals surface area (Å²) < 4.78 is 0. The molecule has 20 heavy (non-hydrogen) atoms. The van der Waals surface area contributed by atoms with Gasteiger partial charge < -0.3 is 10.0 Å². The maximum Gasteiger partial charge on any atom is 0.307 e. The second-order valence-corrected chi connectivity index (χ2v) is 6.82. The summed E-state index contributed by atoms with van der Waals surface area (Å²) in [6.45, 7) is 9.24. The van der Waals surface area contributed by atoms with Crippen molar-refractivity contribution in [2.75, 3.05) is 19.6 Å². The summed E-state index contributed by atoms with van der Waals surface area (Å²) in [5.74, 6) is -0.819. The van der Waals surface area contributed by atoms with Crippen molar-refractivity contribution in [2.24, 2.45) is 5.92 Å². The van der Waals surface area contributed by atoms with E-state index in [-0.39, 0.29) is 11.3 Å².